The minimum absolute atomic E-state index is 0.0418. The van der Waals surface area contributed by atoms with Gasteiger partial charge in [-0.25, -0.2) is 5.01 Å². The van der Waals surface area contributed by atoms with Crippen molar-refractivity contribution in [1.82, 2.24) is 15.4 Å². The van der Waals surface area contributed by atoms with Gasteiger partial charge in [0.15, 0.2) is 5.78 Å². The first-order valence-corrected chi connectivity index (χ1v) is 11.0. The molecule has 0 fully saturated rings. The molecular formula is C24H21Cl2N5O2. The number of Topliss-reactive ketones (excluding diaryl/α,β-unsaturated/α-hetero) is 1. The zero-order chi connectivity index (χ0) is 23.9. The first-order chi connectivity index (χ1) is 15.6. The van der Waals surface area contributed by atoms with Crippen molar-refractivity contribution in [2.75, 3.05) is 0 Å². The van der Waals surface area contributed by atoms with Gasteiger partial charge >= 0.3 is 0 Å². The summed E-state index contributed by atoms with van der Waals surface area (Å²) in [6.45, 7) is 3.95. The minimum atomic E-state index is -0.757. The van der Waals surface area contributed by atoms with E-state index in [0.29, 0.717) is 38.9 Å². The molecule has 0 spiro atoms. The van der Waals surface area contributed by atoms with Crippen LogP contribution in [-0.4, -0.2) is 21.7 Å². The maximum atomic E-state index is 13.4. The van der Waals surface area contributed by atoms with E-state index >= 15 is 0 Å². The highest BCUT2D eigenvalue weighted by molar-refractivity contribution is 6.35. The Morgan fingerprint density at radius 1 is 1.24 bits per heavy atom. The van der Waals surface area contributed by atoms with Gasteiger partial charge in [0.1, 0.15) is 5.82 Å². The van der Waals surface area contributed by atoms with Crippen LogP contribution in [0.4, 0.5) is 0 Å². The maximum absolute atomic E-state index is 13.4. The van der Waals surface area contributed by atoms with Crippen LogP contribution in [-0.2, 0) is 4.79 Å². The molecule has 0 saturated carbocycles. The Kier molecular flexibility index (Phi) is 5.91. The average Bonchev–Trinajstić information content (AvgIpc) is 2.75. The van der Waals surface area contributed by atoms with Crippen molar-refractivity contribution in [3.63, 3.8) is 0 Å². The maximum Gasteiger partial charge on any atom is 0.270 e. The molecule has 4 rings (SSSR count). The predicted molar refractivity (Wildman–Crippen MR) is 125 cm³/mol. The van der Waals surface area contributed by atoms with Crippen molar-refractivity contribution in [2.45, 2.75) is 32.6 Å². The van der Waals surface area contributed by atoms with E-state index in [4.69, 9.17) is 28.9 Å². The summed E-state index contributed by atoms with van der Waals surface area (Å²) in [5, 5.41) is 12.2. The summed E-state index contributed by atoms with van der Waals surface area (Å²) in [7, 11) is 0. The summed E-state index contributed by atoms with van der Waals surface area (Å²) >= 11 is 12.6. The second-order valence-electron chi connectivity index (χ2n) is 8.82. The lowest BCUT2D eigenvalue weighted by atomic mass is 9.69. The molecule has 1 aromatic carbocycles. The third-order valence-electron chi connectivity index (χ3n) is 5.81. The molecule has 1 amide bonds. The predicted octanol–water partition coefficient (Wildman–Crippen LogP) is 4.47. The Labute approximate surface area is 201 Å². The lowest BCUT2D eigenvalue weighted by molar-refractivity contribution is -0.118. The molecule has 0 radical (unpaired) electrons. The molecule has 0 saturated heterocycles. The summed E-state index contributed by atoms with van der Waals surface area (Å²) < 4.78 is 0. The highest BCUT2D eigenvalue weighted by Crippen LogP contribution is 2.49. The number of pyridine rings is 1. The number of carbonyl (C=O) groups is 2. The zero-order valence-electron chi connectivity index (χ0n) is 18.0. The van der Waals surface area contributed by atoms with Gasteiger partial charge < -0.3 is 5.73 Å². The number of hydrazine groups is 1. The first-order valence-electron chi connectivity index (χ1n) is 10.2. The summed E-state index contributed by atoms with van der Waals surface area (Å²) in [6.07, 6.45) is 3.76. The number of halogens is 2. The molecule has 2 aliphatic rings. The lowest BCUT2D eigenvalue weighted by Gasteiger charge is -2.43. The summed E-state index contributed by atoms with van der Waals surface area (Å²) in [4.78, 5) is 30.3. The highest BCUT2D eigenvalue weighted by Gasteiger charge is 2.45. The summed E-state index contributed by atoms with van der Waals surface area (Å²) in [5.41, 5.74) is 10.9. The Hall–Kier alpha value is -3.34. The number of nitrogens with zero attached hydrogens (tertiary/aromatic N) is 3. The van der Waals surface area contributed by atoms with Crippen LogP contribution < -0.4 is 11.2 Å². The van der Waals surface area contributed by atoms with Gasteiger partial charge in [-0.05, 0) is 41.7 Å². The van der Waals surface area contributed by atoms with Crippen molar-refractivity contribution in [2.24, 2.45) is 11.1 Å². The molecule has 168 valence electrons. The molecule has 0 bridgehead atoms. The quantitative estimate of drug-likeness (QED) is 0.668. The van der Waals surface area contributed by atoms with Crippen LogP contribution in [0.3, 0.4) is 0 Å². The number of nitrogens with two attached hydrogens (primary N) is 1. The van der Waals surface area contributed by atoms with Crippen LogP contribution in [0.5, 0.6) is 0 Å². The number of nitriles is 1. The number of rotatable bonds is 3. The van der Waals surface area contributed by atoms with Crippen LogP contribution in [0.25, 0.3) is 0 Å². The first kappa shape index (κ1) is 22.8. The Balaban J connectivity index is 1.89. The van der Waals surface area contributed by atoms with E-state index in [-0.39, 0.29) is 29.0 Å². The van der Waals surface area contributed by atoms with Crippen LogP contribution in [0, 0.1) is 16.7 Å². The Bertz CT molecular complexity index is 1260. The van der Waals surface area contributed by atoms with Gasteiger partial charge in [0.05, 0.1) is 23.3 Å². The molecule has 9 heteroatoms. The van der Waals surface area contributed by atoms with Crippen molar-refractivity contribution in [1.29, 1.82) is 5.26 Å². The van der Waals surface area contributed by atoms with Crippen LogP contribution in [0.15, 0.2) is 65.4 Å². The number of aromatic nitrogens is 1. The third kappa shape index (κ3) is 4.20. The molecule has 7 nitrogen and oxygen atoms in total. The van der Waals surface area contributed by atoms with Crippen molar-refractivity contribution in [3.8, 4) is 6.07 Å². The number of allylic oxidation sites excluding steroid dienone is 3. The van der Waals surface area contributed by atoms with Crippen molar-refractivity contribution < 1.29 is 9.59 Å². The van der Waals surface area contributed by atoms with Crippen molar-refractivity contribution in [3.05, 3.63) is 86.6 Å². The van der Waals surface area contributed by atoms with Gasteiger partial charge in [0, 0.05) is 40.0 Å². The number of nitrogens with one attached hydrogen (secondary N) is 1. The van der Waals surface area contributed by atoms with Gasteiger partial charge in [-0.2, -0.15) is 5.26 Å². The standard InChI is InChI=1S/C24H21Cl2N5O2/c1-24(2)10-18-21(19(32)11-24)20(15-4-3-14(25)9-17(15)26)16(12-27)22(28)31(18)30-23(33)13-5-7-29-8-6-13/h3-9,20H,10-11,28H2,1-2H3,(H,30,33). The van der Waals surface area contributed by atoms with E-state index < -0.39 is 11.8 Å². The van der Waals surface area contributed by atoms with Gasteiger partial charge in [0.2, 0.25) is 0 Å². The highest BCUT2D eigenvalue weighted by atomic mass is 35.5. The summed E-state index contributed by atoms with van der Waals surface area (Å²) in [6, 6.07) is 10.2. The van der Waals surface area contributed by atoms with Crippen LogP contribution in [0.2, 0.25) is 10.0 Å². The van der Waals surface area contributed by atoms with Crippen LogP contribution in [0.1, 0.15) is 48.5 Å². The second-order valence-corrected chi connectivity index (χ2v) is 9.67. The number of amides is 1. The largest absolute Gasteiger partial charge is 0.383 e. The molecule has 33 heavy (non-hydrogen) atoms. The third-order valence-corrected chi connectivity index (χ3v) is 6.37. The van der Waals surface area contributed by atoms with E-state index in [1.54, 1.807) is 30.3 Å². The fraction of sp³-hybridized carbons (Fsp3) is 0.250. The number of ketones is 1. The van der Waals surface area contributed by atoms with E-state index in [2.05, 4.69) is 16.5 Å². The Morgan fingerprint density at radius 2 is 1.94 bits per heavy atom. The van der Waals surface area contributed by atoms with E-state index in [1.165, 1.54) is 17.4 Å². The molecule has 1 aliphatic heterocycles. The molecular weight excluding hydrogens is 461 g/mol. The molecule has 1 aromatic heterocycles. The van der Waals surface area contributed by atoms with E-state index in [9.17, 15) is 14.9 Å². The lowest BCUT2D eigenvalue weighted by Crippen LogP contribution is -2.49. The minimum Gasteiger partial charge on any atom is -0.383 e. The number of benzene rings is 1. The average molecular weight is 482 g/mol. The molecule has 2 aromatic rings. The monoisotopic (exact) mass is 481 g/mol. The fourth-order valence-corrected chi connectivity index (χ4v) is 4.87. The van der Waals surface area contributed by atoms with E-state index in [1.807, 2.05) is 13.8 Å². The van der Waals surface area contributed by atoms with Gasteiger partial charge in [0.25, 0.3) is 5.91 Å². The Morgan fingerprint density at radius 3 is 2.58 bits per heavy atom. The SMILES string of the molecule is CC1(C)CC(=O)C2=C(C1)N(NC(=O)c1ccncc1)C(N)=C(C#N)C2c1ccc(Cl)cc1Cl. The molecule has 2 heterocycles. The summed E-state index contributed by atoms with van der Waals surface area (Å²) in [5.74, 6) is -1.28. The van der Waals surface area contributed by atoms with Crippen LogP contribution >= 0.6 is 23.2 Å². The van der Waals surface area contributed by atoms with Crippen molar-refractivity contribution >= 4 is 34.9 Å². The van der Waals surface area contributed by atoms with Gasteiger partial charge in [-0.3, -0.25) is 20.0 Å². The smallest absolute Gasteiger partial charge is 0.270 e. The molecule has 3 N–H and O–H groups in total. The number of hydrogen-bond acceptors (Lipinski definition) is 6. The number of carbonyl (C=O) groups excluding carboxylic acids is 2. The molecule has 1 unspecified atom stereocenters. The topological polar surface area (TPSA) is 112 Å². The van der Waals surface area contributed by atoms with E-state index in [0.717, 1.165) is 0 Å². The second kappa shape index (κ2) is 8.54. The number of hydrogen-bond donors (Lipinski definition) is 2. The zero-order valence-corrected chi connectivity index (χ0v) is 19.5. The fourth-order valence-electron chi connectivity index (χ4n) is 4.35. The molecule has 1 aliphatic carbocycles. The molecule has 1 atom stereocenters. The van der Waals surface area contributed by atoms with Gasteiger partial charge in [-0.15, -0.1) is 0 Å². The van der Waals surface area contributed by atoms with Gasteiger partial charge in [-0.1, -0.05) is 43.1 Å². The normalized spacial score (nSPS) is 19.8.